The van der Waals surface area contributed by atoms with E-state index in [4.69, 9.17) is 0 Å². The second-order valence-corrected chi connectivity index (χ2v) is 5.08. The second-order valence-electron chi connectivity index (χ2n) is 4.08. The van der Waals surface area contributed by atoms with Crippen LogP contribution in [0.1, 0.15) is 16.7 Å². The molecule has 0 amide bonds. The molecular formula is C14H14FNS. The molecule has 1 nitrogen and oxygen atoms in total. The minimum Gasteiger partial charge on any atom is -0.213 e. The summed E-state index contributed by atoms with van der Waals surface area (Å²) in [5, 5.41) is 0.726. The van der Waals surface area contributed by atoms with Gasteiger partial charge in [-0.2, -0.15) is 4.39 Å². The molecule has 0 bridgehead atoms. The van der Waals surface area contributed by atoms with Crippen LogP contribution in [0, 0.1) is 19.8 Å². The van der Waals surface area contributed by atoms with Gasteiger partial charge in [-0.15, -0.1) is 11.8 Å². The fraction of sp³-hybridized carbons (Fsp3) is 0.214. The predicted octanol–water partition coefficient (Wildman–Crippen LogP) is 4.13. The minimum absolute atomic E-state index is 0.421. The molecular weight excluding hydrogens is 233 g/mol. The molecule has 0 N–H and O–H groups in total. The van der Waals surface area contributed by atoms with E-state index in [0.717, 1.165) is 10.8 Å². The van der Waals surface area contributed by atoms with Crippen molar-refractivity contribution in [2.75, 3.05) is 0 Å². The summed E-state index contributed by atoms with van der Waals surface area (Å²) in [4.78, 5) is 3.83. The van der Waals surface area contributed by atoms with Crippen LogP contribution in [0.5, 0.6) is 0 Å². The van der Waals surface area contributed by atoms with Crippen LogP contribution < -0.4 is 0 Å². The number of aryl methyl sites for hydroxylation is 2. The first-order valence-electron chi connectivity index (χ1n) is 5.46. The molecule has 1 heterocycles. The van der Waals surface area contributed by atoms with Gasteiger partial charge in [0.05, 0.1) is 5.03 Å². The Balaban J connectivity index is 2.07. The Morgan fingerprint density at radius 1 is 1.12 bits per heavy atom. The third-order valence-corrected chi connectivity index (χ3v) is 3.36. The molecule has 0 saturated heterocycles. The van der Waals surface area contributed by atoms with E-state index in [1.165, 1.54) is 22.8 Å². The van der Waals surface area contributed by atoms with Crippen molar-refractivity contribution in [3.05, 3.63) is 59.0 Å². The lowest BCUT2D eigenvalue weighted by atomic mass is 10.1. The van der Waals surface area contributed by atoms with E-state index in [2.05, 4.69) is 37.0 Å². The van der Waals surface area contributed by atoms with Gasteiger partial charge >= 0.3 is 0 Å². The third-order valence-electron chi connectivity index (χ3n) is 2.36. The first kappa shape index (κ1) is 12.1. The third kappa shape index (κ3) is 3.56. The molecule has 0 fully saturated rings. The van der Waals surface area contributed by atoms with Gasteiger partial charge in [-0.25, -0.2) is 4.98 Å². The molecule has 2 rings (SSSR count). The van der Waals surface area contributed by atoms with Crippen LogP contribution in [0.25, 0.3) is 0 Å². The molecule has 17 heavy (non-hydrogen) atoms. The molecule has 0 unspecified atom stereocenters. The summed E-state index contributed by atoms with van der Waals surface area (Å²) in [6, 6.07) is 11.3. The normalized spacial score (nSPS) is 10.5. The maximum absolute atomic E-state index is 12.9. The number of thioether (sulfide) groups is 1. The zero-order chi connectivity index (χ0) is 12.3. The standard InChI is InChI=1S/C14H14FNS/c1-10-6-11(2)8-12(7-10)9-17-14-5-3-4-13(15)16-14/h3-8H,9H2,1-2H3. The highest BCUT2D eigenvalue weighted by atomic mass is 32.2. The Bertz CT molecular complexity index is 505. The van der Waals surface area contributed by atoms with E-state index in [1.807, 2.05) is 6.07 Å². The van der Waals surface area contributed by atoms with Crippen LogP contribution in [0.3, 0.4) is 0 Å². The van der Waals surface area contributed by atoms with E-state index in [0.29, 0.717) is 0 Å². The van der Waals surface area contributed by atoms with Crippen molar-refractivity contribution in [1.29, 1.82) is 0 Å². The van der Waals surface area contributed by atoms with Crippen LogP contribution in [0.15, 0.2) is 41.4 Å². The Kier molecular flexibility index (Phi) is 3.79. The molecule has 0 spiro atoms. The molecule has 0 atom stereocenters. The van der Waals surface area contributed by atoms with Crippen molar-refractivity contribution in [3.63, 3.8) is 0 Å². The summed E-state index contributed by atoms with van der Waals surface area (Å²) in [6.45, 7) is 4.17. The largest absolute Gasteiger partial charge is 0.213 e. The molecule has 1 aromatic carbocycles. The average Bonchev–Trinajstić information content (AvgIpc) is 2.25. The maximum Gasteiger partial charge on any atom is 0.213 e. The Morgan fingerprint density at radius 2 is 1.82 bits per heavy atom. The van der Waals surface area contributed by atoms with Crippen molar-refractivity contribution in [3.8, 4) is 0 Å². The number of halogens is 1. The van der Waals surface area contributed by atoms with Crippen LogP contribution in [-0.2, 0) is 5.75 Å². The zero-order valence-corrected chi connectivity index (χ0v) is 10.7. The molecule has 2 aromatic rings. The van der Waals surface area contributed by atoms with E-state index >= 15 is 0 Å². The predicted molar refractivity (Wildman–Crippen MR) is 69.7 cm³/mol. The average molecular weight is 247 g/mol. The summed E-state index contributed by atoms with van der Waals surface area (Å²) in [5.74, 6) is 0.398. The van der Waals surface area contributed by atoms with Crippen LogP contribution in [-0.4, -0.2) is 4.98 Å². The van der Waals surface area contributed by atoms with Gasteiger partial charge < -0.3 is 0 Å². The molecule has 1 aromatic heterocycles. The smallest absolute Gasteiger partial charge is 0.213 e. The van der Waals surface area contributed by atoms with Gasteiger partial charge in [-0.1, -0.05) is 35.4 Å². The molecule has 0 aliphatic rings. The molecule has 88 valence electrons. The van der Waals surface area contributed by atoms with E-state index in [1.54, 1.807) is 17.8 Å². The first-order valence-corrected chi connectivity index (χ1v) is 6.44. The Morgan fingerprint density at radius 3 is 2.47 bits per heavy atom. The topological polar surface area (TPSA) is 12.9 Å². The number of pyridine rings is 1. The van der Waals surface area contributed by atoms with Gasteiger partial charge in [0.15, 0.2) is 0 Å². The van der Waals surface area contributed by atoms with Gasteiger partial charge in [0.2, 0.25) is 5.95 Å². The summed E-state index contributed by atoms with van der Waals surface area (Å²) < 4.78 is 12.9. The Hall–Kier alpha value is -1.35. The number of benzene rings is 1. The molecule has 0 aliphatic heterocycles. The van der Waals surface area contributed by atoms with Crippen molar-refractivity contribution < 1.29 is 4.39 Å². The minimum atomic E-state index is -0.421. The van der Waals surface area contributed by atoms with E-state index in [9.17, 15) is 4.39 Å². The number of hydrogen-bond acceptors (Lipinski definition) is 2. The van der Waals surface area contributed by atoms with Gasteiger partial charge in [0.25, 0.3) is 0 Å². The SMILES string of the molecule is Cc1cc(C)cc(CSc2cccc(F)n2)c1. The number of hydrogen-bond donors (Lipinski definition) is 0. The van der Waals surface area contributed by atoms with Crippen molar-refractivity contribution in [2.45, 2.75) is 24.6 Å². The van der Waals surface area contributed by atoms with Crippen molar-refractivity contribution in [1.82, 2.24) is 4.98 Å². The number of rotatable bonds is 3. The Labute approximate surface area is 105 Å². The van der Waals surface area contributed by atoms with Gasteiger partial charge in [-0.3, -0.25) is 0 Å². The monoisotopic (exact) mass is 247 g/mol. The lowest BCUT2D eigenvalue weighted by molar-refractivity contribution is 0.572. The molecule has 3 heteroatoms. The number of nitrogens with zero attached hydrogens (tertiary/aromatic N) is 1. The summed E-state index contributed by atoms with van der Waals surface area (Å²) in [6.07, 6.45) is 0. The highest BCUT2D eigenvalue weighted by molar-refractivity contribution is 7.98. The van der Waals surface area contributed by atoms with E-state index in [-0.39, 0.29) is 0 Å². The molecule has 0 radical (unpaired) electrons. The quantitative estimate of drug-likeness (QED) is 0.597. The van der Waals surface area contributed by atoms with Crippen LogP contribution in [0.4, 0.5) is 4.39 Å². The van der Waals surface area contributed by atoms with Gasteiger partial charge in [0, 0.05) is 5.75 Å². The first-order chi connectivity index (χ1) is 8.13. The highest BCUT2D eigenvalue weighted by Crippen LogP contribution is 2.22. The number of aromatic nitrogens is 1. The summed E-state index contributed by atoms with van der Waals surface area (Å²) >= 11 is 1.55. The van der Waals surface area contributed by atoms with Gasteiger partial charge in [0.1, 0.15) is 0 Å². The lowest BCUT2D eigenvalue weighted by Gasteiger charge is -2.04. The highest BCUT2D eigenvalue weighted by Gasteiger charge is 2.00. The van der Waals surface area contributed by atoms with Crippen LogP contribution in [0.2, 0.25) is 0 Å². The molecule has 0 saturated carbocycles. The molecule has 0 aliphatic carbocycles. The summed E-state index contributed by atoms with van der Waals surface area (Å²) in [7, 11) is 0. The van der Waals surface area contributed by atoms with Crippen LogP contribution >= 0.6 is 11.8 Å². The second kappa shape index (κ2) is 5.32. The van der Waals surface area contributed by atoms with Gasteiger partial charge in [-0.05, 0) is 31.5 Å². The lowest BCUT2D eigenvalue weighted by Crippen LogP contribution is -1.88. The van der Waals surface area contributed by atoms with Crippen molar-refractivity contribution in [2.24, 2.45) is 0 Å². The van der Waals surface area contributed by atoms with Crippen molar-refractivity contribution >= 4 is 11.8 Å². The summed E-state index contributed by atoms with van der Waals surface area (Å²) in [5.41, 5.74) is 3.76. The zero-order valence-electron chi connectivity index (χ0n) is 9.90. The maximum atomic E-state index is 12.9. The fourth-order valence-electron chi connectivity index (χ4n) is 1.78. The fourth-order valence-corrected chi connectivity index (χ4v) is 2.59. The van der Waals surface area contributed by atoms with E-state index < -0.39 is 5.95 Å².